The zero-order valence-corrected chi connectivity index (χ0v) is 18.9. The Hall–Kier alpha value is -4.11. The molecule has 7 nitrogen and oxygen atoms in total. The number of aromatic nitrogens is 4. The second kappa shape index (κ2) is 9.63. The number of benzene rings is 1. The van der Waals surface area contributed by atoms with E-state index >= 15 is 0 Å². The molecule has 3 heterocycles. The van der Waals surface area contributed by atoms with Crippen LogP contribution in [0, 0.1) is 12.4 Å². The number of carbonyl (C=O) groups excluding carboxylic acids is 1. The number of hydrogen-bond donors (Lipinski definition) is 1. The van der Waals surface area contributed by atoms with Crippen LogP contribution in [0.5, 0.6) is 0 Å². The first-order valence-corrected chi connectivity index (χ1v) is 11.1. The maximum absolute atomic E-state index is 14.7. The summed E-state index contributed by atoms with van der Waals surface area (Å²) in [5, 5.41) is 6.78. The predicted octanol–water partition coefficient (Wildman–Crippen LogP) is 5.59. The summed E-state index contributed by atoms with van der Waals surface area (Å²) >= 11 is 1.22. The van der Waals surface area contributed by atoms with Gasteiger partial charge in [-0.15, -0.1) is 16.3 Å². The summed E-state index contributed by atoms with van der Waals surface area (Å²) in [6.07, 6.45) is -0.213. The number of hydrogen-bond acceptors (Lipinski definition) is 5. The van der Waals surface area contributed by atoms with E-state index in [2.05, 4.69) is 25.2 Å². The molecule has 0 radical (unpaired) electrons. The molecule has 0 aliphatic heterocycles. The standard InChI is InChI=1S/C23H16F4N6OS/c1-3-19-20(35-12-31-19)22(34)30-8-13-4-5-16(7-18(13)24)33-11-15(10-32-33)14-6-17(23(25,26)27)21(28-2)29-9-14/h4-7,9-12H,3,8H2,1H3,(H,30,34). The second-order valence-electron chi connectivity index (χ2n) is 7.32. The minimum Gasteiger partial charge on any atom is -0.360 e. The molecule has 0 unspecified atom stereocenters. The van der Waals surface area contributed by atoms with Crippen LogP contribution in [-0.4, -0.2) is 25.7 Å². The van der Waals surface area contributed by atoms with Crippen molar-refractivity contribution in [3.8, 4) is 16.8 Å². The third kappa shape index (κ3) is 5.04. The van der Waals surface area contributed by atoms with Crippen molar-refractivity contribution < 1.29 is 22.4 Å². The van der Waals surface area contributed by atoms with Crippen molar-refractivity contribution in [2.45, 2.75) is 26.1 Å². The van der Waals surface area contributed by atoms with Gasteiger partial charge in [0.2, 0.25) is 0 Å². The Kier molecular flexibility index (Phi) is 6.61. The average molecular weight is 500 g/mol. The molecule has 178 valence electrons. The number of amides is 1. The Morgan fingerprint density at radius 3 is 2.69 bits per heavy atom. The Morgan fingerprint density at radius 1 is 1.20 bits per heavy atom. The largest absolute Gasteiger partial charge is 0.409 e. The highest BCUT2D eigenvalue weighted by Crippen LogP contribution is 2.37. The van der Waals surface area contributed by atoms with Crippen LogP contribution >= 0.6 is 11.3 Å². The number of rotatable bonds is 6. The topological polar surface area (TPSA) is 77.1 Å². The molecular formula is C23H16F4N6OS. The quantitative estimate of drug-likeness (QED) is 0.277. The summed E-state index contributed by atoms with van der Waals surface area (Å²) in [6.45, 7) is 8.74. The molecule has 3 aromatic heterocycles. The molecule has 0 aliphatic carbocycles. The zero-order chi connectivity index (χ0) is 25.2. The van der Waals surface area contributed by atoms with E-state index in [1.165, 1.54) is 40.5 Å². The summed E-state index contributed by atoms with van der Waals surface area (Å²) in [5.74, 6) is -1.65. The van der Waals surface area contributed by atoms with Crippen LogP contribution in [0.3, 0.4) is 0 Å². The van der Waals surface area contributed by atoms with Crippen molar-refractivity contribution in [2.75, 3.05) is 0 Å². The van der Waals surface area contributed by atoms with E-state index in [1.54, 1.807) is 11.6 Å². The predicted molar refractivity (Wildman–Crippen MR) is 121 cm³/mol. The smallest absolute Gasteiger partial charge is 0.360 e. The van der Waals surface area contributed by atoms with Crippen molar-refractivity contribution in [3.05, 3.63) is 87.3 Å². The van der Waals surface area contributed by atoms with Crippen LogP contribution in [0.4, 0.5) is 23.4 Å². The Labute approximate surface area is 200 Å². The van der Waals surface area contributed by atoms with E-state index < -0.39 is 23.4 Å². The van der Waals surface area contributed by atoms with E-state index in [1.807, 2.05) is 6.92 Å². The number of nitrogens with one attached hydrogen (secondary N) is 1. The molecule has 1 amide bonds. The van der Waals surface area contributed by atoms with E-state index in [0.29, 0.717) is 28.2 Å². The molecule has 0 aliphatic rings. The zero-order valence-electron chi connectivity index (χ0n) is 18.1. The molecule has 35 heavy (non-hydrogen) atoms. The van der Waals surface area contributed by atoms with Gasteiger partial charge in [-0.2, -0.15) is 18.3 Å². The SMILES string of the molecule is [C-]#[N+]c1ncc(-c2cnn(-c3ccc(CNC(=O)c4scnc4CC)c(F)c3)c2)cc1C(F)(F)F. The third-order valence-electron chi connectivity index (χ3n) is 5.12. The fourth-order valence-electron chi connectivity index (χ4n) is 3.31. The molecule has 4 aromatic rings. The Balaban J connectivity index is 1.52. The highest BCUT2D eigenvalue weighted by atomic mass is 32.1. The van der Waals surface area contributed by atoms with Crippen molar-refractivity contribution in [1.82, 2.24) is 25.1 Å². The van der Waals surface area contributed by atoms with Crippen molar-refractivity contribution in [1.29, 1.82) is 0 Å². The van der Waals surface area contributed by atoms with E-state index in [-0.39, 0.29) is 23.6 Å². The number of thiazole rings is 1. The van der Waals surface area contributed by atoms with Gasteiger partial charge >= 0.3 is 6.18 Å². The first-order valence-electron chi connectivity index (χ1n) is 10.2. The van der Waals surface area contributed by atoms with E-state index in [4.69, 9.17) is 6.57 Å². The summed E-state index contributed by atoms with van der Waals surface area (Å²) in [5.41, 5.74) is 2.14. The van der Waals surface area contributed by atoms with Gasteiger partial charge in [-0.25, -0.2) is 14.1 Å². The Morgan fingerprint density at radius 2 is 2.00 bits per heavy atom. The van der Waals surface area contributed by atoms with Gasteiger partial charge in [-0.1, -0.05) is 19.6 Å². The lowest BCUT2D eigenvalue weighted by Crippen LogP contribution is -2.23. The van der Waals surface area contributed by atoms with Crippen LogP contribution < -0.4 is 5.32 Å². The summed E-state index contributed by atoms with van der Waals surface area (Å²) in [7, 11) is 0. The van der Waals surface area contributed by atoms with Gasteiger partial charge < -0.3 is 10.2 Å². The van der Waals surface area contributed by atoms with Gasteiger partial charge in [-0.3, -0.25) is 4.79 Å². The molecular weight excluding hydrogens is 484 g/mol. The van der Waals surface area contributed by atoms with Crippen LogP contribution in [0.2, 0.25) is 0 Å². The van der Waals surface area contributed by atoms with Gasteiger partial charge in [0.05, 0.1) is 28.7 Å². The normalized spacial score (nSPS) is 11.3. The molecule has 1 N–H and O–H groups in total. The lowest BCUT2D eigenvalue weighted by molar-refractivity contribution is -0.137. The number of halogens is 4. The summed E-state index contributed by atoms with van der Waals surface area (Å²) in [4.78, 5) is 23.4. The maximum atomic E-state index is 14.7. The molecule has 1 aromatic carbocycles. The number of carbonyl (C=O) groups is 1. The highest BCUT2D eigenvalue weighted by molar-refractivity contribution is 7.11. The van der Waals surface area contributed by atoms with Crippen molar-refractivity contribution in [3.63, 3.8) is 0 Å². The van der Waals surface area contributed by atoms with Gasteiger partial charge in [0, 0.05) is 29.4 Å². The first-order chi connectivity index (χ1) is 16.7. The monoisotopic (exact) mass is 500 g/mol. The van der Waals surface area contributed by atoms with Gasteiger partial charge in [0.15, 0.2) is 0 Å². The molecule has 0 fully saturated rings. The fraction of sp³-hybridized carbons (Fsp3) is 0.174. The van der Waals surface area contributed by atoms with Gasteiger partial charge in [0.25, 0.3) is 11.7 Å². The van der Waals surface area contributed by atoms with Crippen LogP contribution in [0.25, 0.3) is 21.7 Å². The first kappa shape index (κ1) is 24.0. The molecule has 0 bridgehead atoms. The van der Waals surface area contributed by atoms with Crippen LogP contribution in [-0.2, 0) is 19.1 Å². The Bertz CT molecular complexity index is 1440. The molecule has 0 saturated carbocycles. The number of pyridine rings is 1. The minimum atomic E-state index is -4.73. The summed E-state index contributed by atoms with van der Waals surface area (Å²) in [6, 6.07) is 5.12. The third-order valence-corrected chi connectivity index (χ3v) is 5.98. The van der Waals surface area contributed by atoms with E-state index in [9.17, 15) is 22.4 Å². The molecule has 4 rings (SSSR count). The van der Waals surface area contributed by atoms with E-state index in [0.717, 1.165) is 12.3 Å². The average Bonchev–Trinajstić information content (AvgIpc) is 3.52. The maximum Gasteiger partial charge on any atom is 0.409 e. The lowest BCUT2D eigenvalue weighted by Gasteiger charge is -2.09. The summed E-state index contributed by atoms with van der Waals surface area (Å²) < 4.78 is 55.7. The van der Waals surface area contributed by atoms with Crippen molar-refractivity contribution >= 4 is 23.1 Å². The van der Waals surface area contributed by atoms with Crippen LogP contribution in [0.15, 0.2) is 48.4 Å². The van der Waals surface area contributed by atoms with Crippen LogP contribution in [0.1, 0.15) is 33.4 Å². The molecule has 12 heteroatoms. The fourth-order valence-corrected chi connectivity index (χ4v) is 4.11. The van der Waals surface area contributed by atoms with Gasteiger partial charge in [0.1, 0.15) is 16.9 Å². The molecule has 0 saturated heterocycles. The van der Waals surface area contributed by atoms with Gasteiger partial charge in [-0.05, 0) is 24.6 Å². The van der Waals surface area contributed by atoms with Crippen molar-refractivity contribution in [2.24, 2.45) is 0 Å². The minimum absolute atomic E-state index is 0.0321. The second-order valence-corrected chi connectivity index (χ2v) is 8.17. The molecule has 0 spiro atoms. The number of nitrogens with zero attached hydrogens (tertiary/aromatic N) is 5. The number of alkyl halides is 3. The number of aryl methyl sites for hydroxylation is 1. The molecule has 0 atom stereocenters. The lowest BCUT2D eigenvalue weighted by atomic mass is 10.1. The highest BCUT2D eigenvalue weighted by Gasteiger charge is 2.34.